The second-order valence-electron chi connectivity index (χ2n) is 6.86. The Bertz CT molecular complexity index is 911. The average molecular weight is 358 g/mol. The summed E-state index contributed by atoms with van der Waals surface area (Å²) in [6, 6.07) is 1.15. The minimum Gasteiger partial charge on any atom is -0.341 e. The van der Waals surface area contributed by atoms with E-state index in [4.69, 9.17) is 0 Å². The van der Waals surface area contributed by atoms with Crippen molar-refractivity contribution in [3.8, 4) is 0 Å². The van der Waals surface area contributed by atoms with Gasteiger partial charge in [0.1, 0.15) is 11.6 Å². The van der Waals surface area contributed by atoms with E-state index in [0.29, 0.717) is 25.3 Å². The Morgan fingerprint density at radius 2 is 2.00 bits per heavy atom. The largest absolute Gasteiger partial charge is 0.341 e. The van der Waals surface area contributed by atoms with Crippen molar-refractivity contribution in [3.05, 3.63) is 33.9 Å². The Balaban J connectivity index is 1.66. The minimum atomic E-state index is -0.583. The number of carbonyl (C=O) groups excluding carboxylic acids is 2. The minimum absolute atomic E-state index is 0.0227. The second kappa shape index (κ2) is 6.56. The first kappa shape index (κ1) is 16.8. The van der Waals surface area contributed by atoms with E-state index in [2.05, 4.69) is 15.4 Å². The molecule has 4 heterocycles. The van der Waals surface area contributed by atoms with Crippen LogP contribution in [0.3, 0.4) is 0 Å². The van der Waals surface area contributed by atoms with Crippen LogP contribution in [0.4, 0.5) is 0 Å². The average Bonchev–Trinajstić information content (AvgIpc) is 3.30. The maximum atomic E-state index is 13.1. The zero-order chi connectivity index (χ0) is 18.3. The molecule has 0 bridgehead atoms. The lowest BCUT2D eigenvalue weighted by atomic mass is 10.1. The van der Waals surface area contributed by atoms with E-state index in [-0.39, 0.29) is 11.5 Å². The van der Waals surface area contributed by atoms with Gasteiger partial charge in [0.05, 0.1) is 0 Å². The number of aromatic nitrogens is 3. The zero-order valence-electron chi connectivity index (χ0n) is 14.7. The van der Waals surface area contributed by atoms with Crippen LogP contribution < -0.4 is 10.9 Å². The molecule has 1 atom stereocenters. The Morgan fingerprint density at radius 3 is 2.77 bits per heavy atom. The van der Waals surface area contributed by atoms with E-state index in [1.54, 1.807) is 11.0 Å². The quantitative estimate of drug-likeness (QED) is 0.744. The summed E-state index contributed by atoms with van der Waals surface area (Å²) in [6.45, 7) is 4.66. The van der Waals surface area contributed by atoms with Crippen LogP contribution in [0.2, 0.25) is 0 Å². The van der Waals surface area contributed by atoms with Crippen molar-refractivity contribution in [2.75, 3.05) is 32.7 Å². The molecule has 0 aromatic carbocycles. The molecule has 0 saturated carbocycles. The standard InChI is InChI=1S/C17H22N6O3/c1-11-8-14-19-9-12(16(25)23(14)20-11)15(24)22-7-4-18-10-13(22)17(26)21-5-2-3-6-21/h8-9,13,18,20H,2-7,10H2,1H3/t13-/m0/s1. The van der Waals surface area contributed by atoms with Crippen LogP contribution in [0.25, 0.3) is 5.65 Å². The molecule has 2 saturated heterocycles. The Hall–Kier alpha value is -2.68. The molecule has 0 spiro atoms. The van der Waals surface area contributed by atoms with Gasteiger partial charge >= 0.3 is 0 Å². The van der Waals surface area contributed by atoms with Gasteiger partial charge in [-0.15, -0.1) is 0 Å². The molecule has 2 aliphatic rings. The highest BCUT2D eigenvalue weighted by Crippen LogP contribution is 2.15. The lowest BCUT2D eigenvalue weighted by Crippen LogP contribution is -2.60. The first-order chi connectivity index (χ1) is 12.6. The van der Waals surface area contributed by atoms with Gasteiger partial charge in [0.25, 0.3) is 11.5 Å². The van der Waals surface area contributed by atoms with Crippen LogP contribution >= 0.6 is 0 Å². The smallest absolute Gasteiger partial charge is 0.285 e. The summed E-state index contributed by atoms with van der Waals surface area (Å²) in [7, 11) is 0. The number of piperazine rings is 1. The van der Waals surface area contributed by atoms with E-state index < -0.39 is 17.5 Å². The Labute approximate surface area is 150 Å². The monoisotopic (exact) mass is 358 g/mol. The van der Waals surface area contributed by atoms with Gasteiger partial charge in [-0.05, 0) is 19.8 Å². The van der Waals surface area contributed by atoms with Gasteiger partial charge in [-0.1, -0.05) is 0 Å². The third-order valence-electron chi connectivity index (χ3n) is 5.06. The van der Waals surface area contributed by atoms with Gasteiger partial charge in [0, 0.05) is 50.7 Å². The number of amides is 2. The van der Waals surface area contributed by atoms with Crippen molar-refractivity contribution in [1.29, 1.82) is 0 Å². The number of aryl methyl sites for hydroxylation is 1. The third-order valence-corrected chi connectivity index (χ3v) is 5.06. The first-order valence-electron chi connectivity index (χ1n) is 8.94. The number of fused-ring (bicyclic) bond motifs is 1. The number of nitrogens with zero attached hydrogens (tertiary/aromatic N) is 4. The summed E-state index contributed by atoms with van der Waals surface area (Å²) in [5.41, 5.74) is 0.780. The summed E-state index contributed by atoms with van der Waals surface area (Å²) in [5.74, 6) is -0.490. The topological polar surface area (TPSA) is 103 Å². The second-order valence-corrected chi connectivity index (χ2v) is 6.86. The summed E-state index contributed by atoms with van der Waals surface area (Å²) >= 11 is 0. The van der Waals surface area contributed by atoms with Crippen LogP contribution in [0, 0.1) is 6.92 Å². The number of likely N-dealkylation sites (tertiary alicyclic amines) is 1. The molecule has 2 aromatic heterocycles. The molecule has 2 fully saturated rings. The molecule has 4 rings (SSSR count). The van der Waals surface area contributed by atoms with Crippen molar-refractivity contribution in [3.63, 3.8) is 0 Å². The van der Waals surface area contributed by atoms with Gasteiger partial charge in [0.2, 0.25) is 5.91 Å². The molecule has 2 aromatic rings. The fourth-order valence-electron chi connectivity index (χ4n) is 3.70. The number of H-pyrrole nitrogens is 1. The highest BCUT2D eigenvalue weighted by Gasteiger charge is 2.36. The molecule has 9 heteroatoms. The SMILES string of the molecule is Cc1cc2ncc(C(=O)N3CCNC[C@H]3C(=O)N3CCCC3)c(=O)n2[nH]1. The van der Waals surface area contributed by atoms with Crippen LogP contribution in [0.1, 0.15) is 28.9 Å². The highest BCUT2D eigenvalue weighted by atomic mass is 16.2. The van der Waals surface area contributed by atoms with Gasteiger partial charge < -0.3 is 15.1 Å². The van der Waals surface area contributed by atoms with Gasteiger partial charge in [0.15, 0.2) is 5.65 Å². The van der Waals surface area contributed by atoms with E-state index in [0.717, 1.165) is 31.6 Å². The number of aromatic amines is 1. The number of nitrogens with one attached hydrogen (secondary N) is 2. The summed E-state index contributed by atoms with van der Waals surface area (Å²) in [5, 5.41) is 6.06. The third kappa shape index (κ3) is 2.78. The molecular formula is C17H22N6O3. The zero-order valence-corrected chi connectivity index (χ0v) is 14.7. The van der Waals surface area contributed by atoms with E-state index in [1.807, 2.05) is 6.92 Å². The molecule has 2 amide bonds. The van der Waals surface area contributed by atoms with Crippen molar-refractivity contribution in [2.24, 2.45) is 0 Å². The summed E-state index contributed by atoms with van der Waals surface area (Å²) < 4.78 is 1.27. The van der Waals surface area contributed by atoms with E-state index in [1.165, 1.54) is 15.6 Å². The number of hydrogen-bond acceptors (Lipinski definition) is 5. The van der Waals surface area contributed by atoms with Crippen molar-refractivity contribution >= 4 is 17.5 Å². The maximum Gasteiger partial charge on any atom is 0.285 e. The Kier molecular flexibility index (Phi) is 4.23. The normalized spacial score (nSPS) is 20.7. The number of hydrogen-bond donors (Lipinski definition) is 2. The first-order valence-corrected chi connectivity index (χ1v) is 8.94. The fraction of sp³-hybridized carbons (Fsp3) is 0.529. The van der Waals surface area contributed by atoms with Gasteiger partial charge in [-0.2, -0.15) is 0 Å². The molecule has 2 N–H and O–H groups in total. The molecular weight excluding hydrogens is 336 g/mol. The predicted molar refractivity (Wildman–Crippen MR) is 94.1 cm³/mol. The number of carbonyl (C=O) groups is 2. The van der Waals surface area contributed by atoms with Crippen LogP contribution in [-0.2, 0) is 4.79 Å². The highest BCUT2D eigenvalue weighted by molar-refractivity contribution is 5.97. The summed E-state index contributed by atoms with van der Waals surface area (Å²) in [4.78, 5) is 46.1. The fourth-order valence-corrected chi connectivity index (χ4v) is 3.70. The number of rotatable bonds is 2. The molecule has 26 heavy (non-hydrogen) atoms. The van der Waals surface area contributed by atoms with Crippen molar-refractivity contribution in [1.82, 2.24) is 29.7 Å². The van der Waals surface area contributed by atoms with Crippen LogP contribution in [0.15, 0.2) is 17.1 Å². The van der Waals surface area contributed by atoms with Crippen LogP contribution in [-0.4, -0.2) is 75.0 Å². The molecule has 2 aliphatic heterocycles. The maximum absolute atomic E-state index is 13.1. The lowest BCUT2D eigenvalue weighted by Gasteiger charge is -2.37. The molecule has 138 valence electrons. The predicted octanol–water partition coefficient (Wildman–Crippen LogP) is -0.633. The summed E-state index contributed by atoms with van der Waals surface area (Å²) in [6.07, 6.45) is 3.30. The lowest BCUT2D eigenvalue weighted by molar-refractivity contribution is -0.135. The molecule has 0 unspecified atom stereocenters. The van der Waals surface area contributed by atoms with Crippen LogP contribution in [0.5, 0.6) is 0 Å². The Morgan fingerprint density at radius 1 is 1.23 bits per heavy atom. The molecule has 9 nitrogen and oxygen atoms in total. The van der Waals surface area contributed by atoms with E-state index in [9.17, 15) is 14.4 Å². The molecule has 0 aliphatic carbocycles. The molecule has 0 radical (unpaired) electrons. The van der Waals surface area contributed by atoms with Gasteiger partial charge in [-0.3, -0.25) is 19.5 Å². The van der Waals surface area contributed by atoms with Gasteiger partial charge in [-0.25, -0.2) is 9.50 Å². The van der Waals surface area contributed by atoms with Crippen molar-refractivity contribution in [2.45, 2.75) is 25.8 Å². The van der Waals surface area contributed by atoms with Crippen molar-refractivity contribution < 1.29 is 9.59 Å². The van der Waals surface area contributed by atoms with E-state index >= 15 is 0 Å².